The van der Waals surface area contributed by atoms with Gasteiger partial charge in [-0.25, -0.2) is 0 Å². The third-order valence-electron chi connectivity index (χ3n) is 4.20. The van der Waals surface area contributed by atoms with Crippen molar-refractivity contribution >= 4 is 15.9 Å². The molecule has 0 aromatic heterocycles. The van der Waals surface area contributed by atoms with Crippen molar-refractivity contribution in [2.24, 2.45) is 0 Å². The number of hydrogen-bond acceptors (Lipinski definition) is 2. The fraction of sp³-hybridized carbons (Fsp3) is 0.647. The molecule has 1 fully saturated rings. The molecule has 1 heterocycles. The van der Waals surface area contributed by atoms with E-state index in [9.17, 15) is 0 Å². The van der Waals surface area contributed by atoms with E-state index >= 15 is 0 Å². The van der Waals surface area contributed by atoms with Crippen molar-refractivity contribution in [2.45, 2.75) is 64.1 Å². The van der Waals surface area contributed by atoms with Crippen molar-refractivity contribution in [1.82, 2.24) is 10.6 Å². The van der Waals surface area contributed by atoms with Crippen LogP contribution in [0.2, 0.25) is 0 Å². The lowest BCUT2D eigenvalue weighted by Crippen LogP contribution is -2.37. The molecule has 20 heavy (non-hydrogen) atoms. The third-order valence-corrected chi connectivity index (χ3v) is 4.73. The van der Waals surface area contributed by atoms with Crippen LogP contribution in [0.5, 0.6) is 0 Å². The quantitative estimate of drug-likeness (QED) is 0.830. The molecule has 0 saturated carbocycles. The van der Waals surface area contributed by atoms with E-state index in [1.807, 2.05) is 0 Å². The van der Waals surface area contributed by atoms with Crippen LogP contribution in [0, 0.1) is 0 Å². The van der Waals surface area contributed by atoms with Gasteiger partial charge in [0, 0.05) is 22.6 Å². The van der Waals surface area contributed by atoms with Gasteiger partial charge in [-0.2, -0.15) is 0 Å². The first-order valence-electron chi connectivity index (χ1n) is 7.90. The Balaban J connectivity index is 1.80. The molecule has 1 aliphatic rings. The molecule has 2 rings (SSSR count). The van der Waals surface area contributed by atoms with Gasteiger partial charge in [-0.1, -0.05) is 40.9 Å². The summed E-state index contributed by atoms with van der Waals surface area (Å²) in [6.07, 6.45) is 6.67. The van der Waals surface area contributed by atoms with Crippen LogP contribution >= 0.6 is 15.9 Å². The molecule has 3 atom stereocenters. The van der Waals surface area contributed by atoms with Crippen LogP contribution < -0.4 is 10.6 Å². The first-order chi connectivity index (χ1) is 9.65. The molecular weight excluding hydrogens is 312 g/mol. The molecule has 0 aliphatic carbocycles. The maximum atomic E-state index is 3.73. The molecule has 0 bridgehead atoms. The Kier molecular flexibility index (Phi) is 6.53. The Labute approximate surface area is 131 Å². The molecule has 2 unspecified atom stereocenters. The van der Waals surface area contributed by atoms with E-state index in [0.717, 1.165) is 4.47 Å². The second-order valence-electron chi connectivity index (χ2n) is 6.08. The van der Waals surface area contributed by atoms with Gasteiger partial charge in [-0.05, 0) is 57.4 Å². The van der Waals surface area contributed by atoms with Gasteiger partial charge in [-0.3, -0.25) is 0 Å². The Morgan fingerprint density at radius 1 is 1.20 bits per heavy atom. The van der Waals surface area contributed by atoms with E-state index in [2.05, 4.69) is 64.7 Å². The lowest BCUT2D eigenvalue weighted by Gasteiger charge is -2.25. The minimum Gasteiger partial charge on any atom is -0.314 e. The topological polar surface area (TPSA) is 24.1 Å². The minimum absolute atomic E-state index is 0.406. The van der Waals surface area contributed by atoms with Crippen molar-refractivity contribution in [3.63, 3.8) is 0 Å². The van der Waals surface area contributed by atoms with Gasteiger partial charge in [0.15, 0.2) is 0 Å². The van der Waals surface area contributed by atoms with Crippen LogP contribution in [0.1, 0.15) is 57.6 Å². The fourth-order valence-electron chi connectivity index (χ4n) is 3.07. The van der Waals surface area contributed by atoms with E-state index in [1.54, 1.807) is 0 Å². The van der Waals surface area contributed by atoms with Crippen LogP contribution in [0.4, 0.5) is 0 Å². The number of nitrogens with one attached hydrogen (secondary N) is 2. The molecule has 1 saturated heterocycles. The molecule has 0 amide bonds. The van der Waals surface area contributed by atoms with Crippen LogP contribution in [0.25, 0.3) is 0 Å². The minimum atomic E-state index is 0.406. The smallest absolute Gasteiger partial charge is 0.0294 e. The predicted molar refractivity (Wildman–Crippen MR) is 90.0 cm³/mol. The maximum absolute atomic E-state index is 3.73. The van der Waals surface area contributed by atoms with E-state index in [4.69, 9.17) is 0 Å². The van der Waals surface area contributed by atoms with Crippen molar-refractivity contribution in [3.05, 3.63) is 34.3 Å². The molecule has 0 radical (unpaired) electrons. The number of benzene rings is 1. The molecule has 0 spiro atoms. The summed E-state index contributed by atoms with van der Waals surface area (Å²) in [5.74, 6) is 0. The Hall–Kier alpha value is -0.380. The van der Waals surface area contributed by atoms with Gasteiger partial charge in [0.1, 0.15) is 0 Å². The molecule has 1 aliphatic heterocycles. The Morgan fingerprint density at radius 2 is 1.95 bits per heavy atom. The molecule has 3 heteroatoms. The summed E-state index contributed by atoms with van der Waals surface area (Å²) in [5, 5.41) is 7.41. The van der Waals surface area contributed by atoms with Gasteiger partial charge < -0.3 is 10.6 Å². The molecule has 112 valence electrons. The van der Waals surface area contributed by atoms with Crippen molar-refractivity contribution < 1.29 is 0 Å². The third kappa shape index (κ3) is 5.19. The maximum Gasteiger partial charge on any atom is 0.0294 e. The SMILES string of the molecule is CC(CC1CCCCCN1)N[C@H](C)c1ccc(Br)cc1. The van der Waals surface area contributed by atoms with Crippen LogP contribution in [-0.2, 0) is 0 Å². The zero-order chi connectivity index (χ0) is 14.4. The Morgan fingerprint density at radius 3 is 2.70 bits per heavy atom. The van der Waals surface area contributed by atoms with Gasteiger partial charge >= 0.3 is 0 Å². The zero-order valence-corrected chi connectivity index (χ0v) is 14.2. The van der Waals surface area contributed by atoms with Crippen LogP contribution in [0.3, 0.4) is 0 Å². The van der Waals surface area contributed by atoms with Crippen molar-refractivity contribution in [3.8, 4) is 0 Å². The monoisotopic (exact) mass is 338 g/mol. The first-order valence-corrected chi connectivity index (χ1v) is 8.69. The lowest BCUT2D eigenvalue weighted by atomic mass is 10.0. The summed E-state index contributed by atoms with van der Waals surface area (Å²) < 4.78 is 1.14. The summed E-state index contributed by atoms with van der Waals surface area (Å²) in [5.41, 5.74) is 1.36. The average Bonchev–Trinajstić information content (AvgIpc) is 2.68. The van der Waals surface area contributed by atoms with Crippen LogP contribution in [-0.4, -0.2) is 18.6 Å². The van der Waals surface area contributed by atoms with E-state index in [-0.39, 0.29) is 0 Å². The highest BCUT2D eigenvalue weighted by molar-refractivity contribution is 9.10. The summed E-state index contributed by atoms with van der Waals surface area (Å²) in [6.45, 7) is 5.75. The summed E-state index contributed by atoms with van der Waals surface area (Å²) >= 11 is 3.49. The van der Waals surface area contributed by atoms with Gasteiger partial charge in [-0.15, -0.1) is 0 Å². The van der Waals surface area contributed by atoms with Crippen molar-refractivity contribution in [1.29, 1.82) is 0 Å². The summed E-state index contributed by atoms with van der Waals surface area (Å²) in [6, 6.07) is 10.3. The molecule has 2 nitrogen and oxygen atoms in total. The van der Waals surface area contributed by atoms with E-state index in [0.29, 0.717) is 18.1 Å². The highest BCUT2D eigenvalue weighted by Crippen LogP contribution is 2.18. The molecule has 1 aromatic rings. The number of halogens is 1. The first kappa shape index (κ1) is 16.0. The highest BCUT2D eigenvalue weighted by atomic mass is 79.9. The molecule has 2 N–H and O–H groups in total. The summed E-state index contributed by atoms with van der Waals surface area (Å²) in [7, 11) is 0. The molecule has 1 aromatic carbocycles. The van der Waals surface area contributed by atoms with Gasteiger partial charge in [0.25, 0.3) is 0 Å². The Bertz CT molecular complexity index is 382. The fourth-order valence-corrected chi connectivity index (χ4v) is 3.34. The average molecular weight is 339 g/mol. The number of hydrogen-bond donors (Lipinski definition) is 2. The zero-order valence-electron chi connectivity index (χ0n) is 12.7. The van der Waals surface area contributed by atoms with E-state index in [1.165, 1.54) is 44.2 Å². The second-order valence-corrected chi connectivity index (χ2v) is 6.99. The van der Waals surface area contributed by atoms with Gasteiger partial charge in [0.2, 0.25) is 0 Å². The highest BCUT2D eigenvalue weighted by Gasteiger charge is 2.16. The number of rotatable bonds is 5. The summed E-state index contributed by atoms with van der Waals surface area (Å²) in [4.78, 5) is 0. The standard InChI is InChI=1S/C17H27BrN2/c1-13(12-17-6-4-3-5-11-19-17)20-14(2)15-7-9-16(18)10-8-15/h7-10,13-14,17,19-20H,3-6,11-12H2,1-2H3/t13?,14-,17?/m1/s1. The molecular formula is C17H27BrN2. The predicted octanol–water partition coefficient (Wildman–Crippen LogP) is 4.41. The normalized spacial score (nSPS) is 23.1. The second kappa shape index (κ2) is 8.16. The lowest BCUT2D eigenvalue weighted by molar-refractivity contribution is 0.380. The van der Waals surface area contributed by atoms with Gasteiger partial charge in [0.05, 0.1) is 0 Å². The van der Waals surface area contributed by atoms with Crippen molar-refractivity contribution in [2.75, 3.05) is 6.54 Å². The van der Waals surface area contributed by atoms with E-state index < -0.39 is 0 Å². The largest absolute Gasteiger partial charge is 0.314 e. The van der Waals surface area contributed by atoms with Crippen LogP contribution in [0.15, 0.2) is 28.7 Å².